The lowest BCUT2D eigenvalue weighted by atomic mass is 9.45. The molecule has 1 saturated heterocycles. The lowest BCUT2D eigenvalue weighted by Crippen LogP contribution is -2.54. The van der Waals surface area contributed by atoms with E-state index < -0.39 is 0 Å². The van der Waals surface area contributed by atoms with Crippen molar-refractivity contribution >= 4 is 5.78 Å². The van der Waals surface area contributed by atoms with Crippen molar-refractivity contribution in [3.63, 3.8) is 0 Å². The average molecular weight is 411 g/mol. The van der Waals surface area contributed by atoms with Gasteiger partial charge in [-0.3, -0.25) is 4.79 Å². The molecule has 2 bridgehead atoms. The Kier molecular flexibility index (Phi) is 3.88. The molecule has 0 aromatic rings. The summed E-state index contributed by atoms with van der Waals surface area (Å²) in [5, 5.41) is 0. The Balaban J connectivity index is 1.30. The average Bonchev–Trinajstić information content (AvgIpc) is 3.15. The van der Waals surface area contributed by atoms with Crippen LogP contribution in [0.4, 0.5) is 0 Å². The molecule has 1 aliphatic heterocycles. The predicted octanol–water partition coefficient (Wildman–Crippen LogP) is 5.99. The number of carbonyl (C=O) groups is 1. The fraction of sp³-hybridized carbons (Fsp3) is 0.815. The highest BCUT2D eigenvalue weighted by Gasteiger charge is 2.72. The Bertz CT molecular complexity index is 855. The molecule has 0 N–H and O–H groups in total. The highest BCUT2D eigenvalue weighted by Crippen LogP contribution is 2.78. The molecule has 0 aromatic carbocycles. The summed E-state index contributed by atoms with van der Waals surface area (Å²) in [5.74, 6) is 1.48. The van der Waals surface area contributed by atoms with E-state index in [1.165, 1.54) is 32.1 Å². The van der Waals surface area contributed by atoms with Crippen LogP contribution >= 0.6 is 0 Å². The number of hydrogen-bond donors (Lipinski definition) is 0. The van der Waals surface area contributed by atoms with Crippen molar-refractivity contribution in [1.82, 2.24) is 0 Å². The molecule has 0 amide bonds. The largest absolute Gasteiger partial charge is 0.349 e. The van der Waals surface area contributed by atoms with Gasteiger partial charge in [0, 0.05) is 18.3 Å². The number of hydrogen-bond acceptors (Lipinski definition) is 3. The molecular weight excluding hydrogens is 372 g/mol. The van der Waals surface area contributed by atoms with Crippen LogP contribution in [-0.4, -0.2) is 24.8 Å². The van der Waals surface area contributed by atoms with Crippen molar-refractivity contribution in [3.8, 4) is 0 Å². The standard InChI is InChI=1S/C27H38O3/c1-18(28)25-11-13-26(14-12-25)22-6-5-19-15-27(29-16-23(2,3)17-30-27)10-8-20(19)21(22)7-9-24(25,26)4/h11,13,21-22H,5-10,12,14-17H2,1-4H3/t21-,22-,24-,25-,26?/m1/s1. The normalized spacial score (nSPS) is 47.7. The fourth-order valence-electron chi connectivity index (χ4n) is 8.97. The number of ketones is 1. The molecule has 2 saturated carbocycles. The van der Waals surface area contributed by atoms with Crippen LogP contribution in [0.3, 0.4) is 0 Å². The highest BCUT2D eigenvalue weighted by atomic mass is 16.7. The first kappa shape index (κ1) is 19.7. The third-order valence-corrected chi connectivity index (χ3v) is 10.7. The topological polar surface area (TPSA) is 35.5 Å². The van der Waals surface area contributed by atoms with Crippen molar-refractivity contribution < 1.29 is 14.3 Å². The van der Waals surface area contributed by atoms with Gasteiger partial charge in [-0.1, -0.05) is 44.1 Å². The van der Waals surface area contributed by atoms with Crippen LogP contribution in [0.15, 0.2) is 23.3 Å². The number of rotatable bonds is 1. The van der Waals surface area contributed by atoms with Gasteiger partial charge in [0.05, 0.1) is 18.6 Å². The molecule has 3 fully saturated rings. The van der Waals surface area contributed by atoms with Crippen molar-refractivity contribution in [2.24, 2.45) is 33.5 Å². The molecule has 1 heterocycles. The summed E-state index contributed by atoms with van der Waals surface area (Å²) in [6.07, 6.45) is 15.3. The smallest absolute Gasteiger partial charge is 0.172 e. The van der Waals surface area contributed by atoms with Gasteiger partial charge in [-0.2, -0.15) is 0 Å². The van der Waals surface area contributed by atoms with E-state index in [0.29, 0.717) is 11.7 Å². The van der Waals surface area contributed by atoms with Crippen molar-refractivity contribution in [1.29, 1.82) is 0 Å². The van der Waals surface area contributed by atoms with E-state index in [2.05, 4.69) is 32.9 Å². The van der Waals surface area contributed by atoms with Crippen LogP contribution < -0.4 is 0 Å². The van der Waals surface area contributed by atoms with Gasteiger partial charge in [-0.05, 0) is 74.5 Å². The number of allylic oxidation sites excluding steroid dienone is 3. The quantitative estimate of drug-likeness (QED) is 0.498. The molecule has 5 aliphatic carbocycles. The van der Waals surface area contributed by atoms with E-state index >= 15 is 0 Å². The lowest BCUT2D eigenvalue weighted by Gasteiger charge is -2.58. The number of Topliss-reactive ketones (excluding diaryl/α,β-unsaturated/α-hetero) is 1. The third-order valence-electron chi connectivity index (χ3n) is 10.7. The van der Waals surface area contributed by atoms with E-state index in [9.17, 15) is 4.79 Å². The Morgan fingerprint density at radius 3 is 2.40 bits per heavy atom. The number of ether oxygens (including phenoxy) is 2. The van der Waals surface area contributed by atoms with Crippen LogP contribution in [0.5, 0.6) is 0 Å². The van der Waals surface area contributed by atoms with E-state index in [1.807, 2.05) is 6.92 Å². The molecule has 5 atom stereocenters. The van der Waals surface area contributed by atoms with E-state index in [4.69, 9.17) is 9.47 Å². The fourth-order valence-corrected chi connectivity index (χ4v) is 8.97. The minimum absolute atomic E-state index is 0.130. The third kappa shape index (κ3) is 2.22. The summed E-state index contributed by atoms with van der Waals surface area (Å²) in [6, 6.07) is 0. The second-order valence-corrected chi connectivity index (χ2v) is 12.5. The minimum atomic E-state index is -0.354. The predicted molar refractivity (Wildman–Crippen MR) is 117 cm³/mol. The maximum Gasteiger partial charge on any atom is 0.172 e. The molecule has 6 aliphatic rings. The van der Waals surface area contributed by atoms with Crippen molar-refractivity contribution in [2.45, 2.75) is 91.3 Å². The second kappa shape index (κ2) is 5.90. The van der Waals surface area contributed by atoms with Gasteiger partial charge >= 0.3 is 0 Å². The van der Waals surface area contributed by atoms with E-state index in [0.717, 1.165) is 44.8 Å². The monoisotopic (exact) mass is 410 g/mol. The van der Waals surface area contributed by atoms with Gasteiger partial charge in [0.2, 0.25) is 0 Å². The molecule has 0 aromatic heterocycles. The molecule has 6 rings (SSSR count). The summed E-state index contributed by atoms with van der Waals surface area (Å²) in [7, 11) is 0. The zero-order valence-corrected chi connectivity index (χ0v) is 19.3. The van der Waals surface area contributed by atoms with Crippen LogP contribution in [0.1, 0.15) is 85.5 Å². The maximum atomic E-state index is 12.8. The molecular formula is C27H38O3. The zero-order chi connectivity index (χ0) is 21.0. The molecule has 164 valence electrons. The van der Waals surface area contributed by atoms with Crippen LogP contribution in [0.2, 0.25) is 0 Å². The summed E-state index contributed by atoms with van der Waals surface area (Å²) in [5.41, 5.74) is 3.75. The van der Waals surface area contributed by atoms with Crippen LogP contribution in [-0.2, 0) is 14.3 Å². The van der Waals surface area contributed by atoms with Gasteiger partial charge in [0.1, 0.15) is 5.78 Å². The Labute approximate surface area is 181 Å². The maximum absolute atomic E-state index is 12.8. The second-order valence-electron chi connectivity index (χ2n) is 12.5. The van der Waals surface area contributed by atoms with E-state index in [-0.39, 0.29) is 27.4 Å². The van der Waals surface area contributed by atoms with E-state index in [1.54, 1.807) is 11.1 Å². The Morgan fingerprint density at radius 1 is 0.967 bits per heavy atom. The van der Waals surface area contributed by atoms with Gasteiger partial charge in [-0.25, -0.2) is 0 Å². The van der Waals surface area contributed by atoms with Gasteiger partial charge in [-0.15, -0.1) is 0 Å². The minimum Gasteiger partial charge on any atom is -0.349 e. The number of carbonyl (C=O) groups excluding carboxylic acids is 1. The Hall–Kier alpha value is -0.930. The number of fused-ring (bicyclic) bond motifs is 2. The lowest BCUT2D eigenvalue weighted by molar-refractivity contribution is -0.303. The summed E-state index contributed by atoms with van der Waals surface area (Å²) < 4.78 is 12.7. The first-order valence-corrected chi connectivity index (χ1v) is 12.4. The zero-order valence-electron chi connectivity index (χ0n) is 19.3. The molecule has 1 unspecified atom stereocenters. The summed E-state index contributed by atoms with van der Waals surface area (Å²) in [6.45, 7) is 10.4. The first-order valence-electron chi connectivity index (χ1n) is 12.4. The molecule has 3 nitrogen and oxygen atoms in total. The van der Waals surface area contributed by atoms with Gasteiger partial charge in [0.25, 0.3) is 0 Å². The van der Waals surface area contributed by atoms with Crippen LogP contribution in [0, 0.1) is 33.5 Å². The molecule has 0 radical (unpaired) electrons. The summed E-state index contributed by atoms with van der Waals surface area (Å²) >= 11 is 0. The Morgan fingerprint density at radius 2 is 1.73 bits per heavy atom. The molecule has 3 heteroatoms. The van der Waals surface area contributed by atoms with Crippen LogP contribution in [0.25, 0.3) is 0 Å². The van der Waals surface area contributed by atoms with Crippen molar-refractivity contribution in [3.05, 3.63) is 23.3 Å². The van der Waals surface area contributed by atoms with Gasteiger partial charge in [0.15, 0.2) is 5.79 Å². The van der Waals surface area contributed by atoms with Gasteiger partial charge < -0.3 is 9.47 Å². The highest BCUT2D eigenvalue weighted by molar-refractivity contribution is 5.87. The van der Waals surface area contributed by atoms with Crippen molar-refractivity contribution in [2.75, 3.05) is 13.2 Å². The SMILES string of the molecule is CC(=O)[C@@]12C=CC3(CC1)[C@@H]1CCC4=C(CCC5(C4)OCC(C)(C)CO5)[C@H]1CC[C@@]32C. The molecule has 1 spiro atoms. The summed E-state index contributed by atoms with van der Waals surface area (Å²) in [4.78, 5) is 12.8. The molecule has 30 heavy (non-hydrogen) atoms. The first-order chi connectivity index (χ1) is 14.2.